The van der Waals surface area contributed by atoms with Gasteiger partial charge >= 0.3 is 0 Å². The summed E-state index contributed by atoms with van der Waals surface area (Å²) in [5.74, 6) is 0.662. The fourth-order valence-corrected chi connectivity index (χ4v) is 3.75. The van der Waals surface area contributed by atoms with Gasteiger partial charge in [-0.05, 0) is 45.3 Å². The van der Waals surface area contributed by atoms with Crippen molar-refractivity contribution in [3.8, 4) is 0 Å². The van der Waals surface area contributed by atoms with Crippen molar-refractivity contribution in [2.75, 3.05) is 37.7 Å². The van der Waals surface area contributed by atoms with Crippen molar-refractivity contribution < 1.29 is 8.42 Å². The predicted octanol–water partition coefficient (Wildman–Crippen LogP) is 1.28. The van der Waals surface area contributed by atoms with Gasteiger partial charge in [0.25, 0.3) is 0 Å². The summed E-state index contributed by atoms with van der Waals surface area (Å²) in [6.07, 6.45) is 4.20. The molecule has 0 amide bonds. The molecule has 0 bridgehead atoms. The maximum absolute atomic E-state index is 11.6. The van der Waals surface area contributed by atoms with Crippen LogP contribution in [-0.2, 0) is 9.84 Å². The van der Waals surface area contributed by atoms with Gasteiger partial charge in [-0.1, -0.05) is 13.8 Å². The van der Waals surface area contributed by atoms with E-state index in [1.165, 1.54) is 6.42 Å². The number of hydrogen-bond donors (Lipinski definition) is 1. The normalized spacial score (nSPS) is 19.2. The Morgan fingerprint density at radius 2 is 1.78 bits per heavy atom. The minimum absolute atomic E-state index is 0.327. The smallest absolute Gasteiger partial charge is 0.151 e. The fourth-order valence-electron chi connectivity index (χ4n) is 2.39. The minimum atomic E-state index is -2.82. The summed E-state index contributed by atoms with van der Waals surface area (Å²) in [6, 6.07) is 0.633. The van der Waals surface area contributed by atoms with E-state index >= 15 is 0 Å². The van der Waals surface area contributed by atoms with Crippen molar-refractivity contribution in [1.82, 2.24) is 10.2 Å². The first-order valence-corrected chi connectivity index (χ1v) is 9.05. The molecule has 1 saturated heterocycles. The molecule has 1 rings (SSSR count). The van der Waals surface area contributed by atoms with Gasteiger partial charge in [0.1, 0.15) is 0 Å². The highest BCUT2D eigenvalue weighted by Gasteiger charge is 2.19. The number of nitrogens with one attached hydrogen (secondary N) is 1. The molecule has 0 aromatic heterocycles. The lowest BCUT2D eigenvalue weighted by atomic mass is 10.1. The van der Waals surface area contributed by atoms with Crippen molar-refractivity contribution >= 4 is 9.84 Å². The molecule has 0 atom stereocenters. The third-order valence-corrected chi connectivity index (χ3v) is 5.34. The Balaban J connectivity index is 2.19. The van der Waals surface area contributed by atoms with E-state index in [0.29, 0.717) is 24.1 Å². The number of hydrogen-bond acceptors (Lipinski definition) is 4. The summed E-state index contributed by atoms with van der Waals surface area (Å²) >= 11 is 0. The van der Waals surface area contributed by atoms with Crippen LogP contribution in [0.1, 0.15) is 39.5 Å². The van der Waals surface area contributed by atoms with Gasteiger partial charge in [-0.15, -0.1) is 0 Å². The quantitative estimate of drug-likeness (QED) is 0.725. The summed E-state index contributed by atoms with van der Waals surface area (Å²) in [7, 11) is -2.82. The monoisotopic (exact) mass is 276 g/mol. The van der Waals surface area contributed by atoms with Crippen LogP contribution < -0.4 is 5.32 Å². The molecule has 108 valence electrons. The Bertz CT molecular complexity index is 309. The van der Waals surface area contributed by atoms with Gasteiger partial charge in [0.2, 0.25) is 0 Å². The Morgan fingerprint density at radius 1 is 1.11 bits per heavy atom. The molecule has 0 aromatic carbocycles. The molecular weight excluding hydrogens is 248 g/mol. The zero-order valence-electron chi connectivity index (χ0n) is 11.8. The molecule has 1 heterocycles. The molecule has 1 N–H and O–H groups in total. The van der Waals surface area contributed by atoms with Crippen molar-refractivity contribution in [3.63, 3.8) is 0 Å². The topological polar surface area (TPSA) is 49.4 Å². The van der Waals surface area contributed by atoms with E-state index in [9.17, 15) is 8.42 Å². The Hall–Kier alpha value is -0.130. The standard InChI is InChI=1S/C13H28N2O2S/c1-3-7-14-13-5-8-15(9-6-13)10-12-18(16,17)11-4-2/h13-14H,3-12H2,1-2H3. The van der Waals surface area contributed by atoms with Crippen molar-refractivity contribution in [3.05, 3.63) is 0 Å². The van der Waals surface area contributed by atoms with Crippen LogP contribution >= 0.6 is 0 Å². The van der Waals surface area contributed by atoms with E-state index in [0.717, 1.165) is 38.9 Å². The second-order valence-electron chi connectivity index (χ2n) is 5.22. The first-order chi connectivity index (χ1) is 8.57. The Morgan fingerprint density at radius 3 is 2.33 bits per heavy atom. The van der Waals surface area contributed by atoms with E-state index in [2.05, 4.69) is 17.1 Å². The van der Waals surface area contributed by atoms with E-state index < -0.39 is 9.84 Å². The molecule has 0 aromatic rings. The Kier molecular flexibility index (Phi) is 7.19. The minimum Gasteiger partial charge on any atom is -0.314 e. The van der Waals surface area contributed by atoms with Crippen LogP contribution in [-0.4, -0.2) is 57.0 Å². The molecule has 1 aliphatic heterocycles. The van der Waals surface area contributed by atoms with Gasteiger partial charge in [0, 0.05) is 18.3 Å². The first kappa shape index (κ1) is 15.9. The first-order valence-electron chi connectivity index (χ1n) is 7.23. The maximum Gasteiger partial charge on any atom is 0.151 e. The second-order valence-corrected chi connectivity index (χ2v) is 7.53. The highest BCUT2D eigenvalue weighted by atomic mass is 32.2. The lowest BCUT2D eigenvalue weighted by molar-refractivity contribution is 0.207. The molecule has 5 heteroatoms. The summed E-state index contributed by atoms with van der Waals surface area (Å²) in [5.41, 5.74) is 0. The third-order valence-electron chi connectivity index (χ3n) is 3.50. The maximum atomic E-state index is 11.6. The van der Waals surface area contributed by atoms with Crippen molar-refractivity contribution in [2.24, 2.45) is 0 Å². The molecule has 4 nitrogen and oxygen atoms in total. The molecule has 1 aliphatic rings. The summed E-state index contributed by atoms with van der Waals surface area (Å²) in [6.45, 7) is 7.97. The zero-order chi connectivity index (χ0) is 13.4. The van der Waals surface area contributed by atoms with E-state index in [1.54, 1.807) is 0 Å². The van der Waals surface area contributed by atoms with Crippen molar-refractivity contribution in [2.45, 2.75) is 45.6 Å². The van der Waals surface area contributed by atoms with Gasteiger partial charge in [-0.2, -0.15) is 0 Å². The van der Waals surface area contributed by atoms with Crippen LogP contribution in [0.25, 0.3) is 0 Å². The second kappa shape index (κ2) is 8.12. The number of piperidine rings is 1. The number of rotatable bonds is 8. The van der Waals surface area contributed by atoms with Crippen LogP contribution in [0.4, 0.5) is 0 Å². The fraction of sp³-hybridized carbons (Fsp3) is 1.00. The molecule has 0 saturated carbocycles. The molecule has 1 fully saturated rings. The molecular formula is C13H28N2O2S. The lowest BCUT2D eigenvalue weighted by Gasteiger charge is -2.32. The van der Waals surface area contributed by atoms with Gasteiger partial charge in [-0.25, -0.2) is 8.42 Å². The highest BCUT2D eigenvalue weighted by molar-refractivity contribution is 7.91. The van der Waals surface area contributed by atoms with Crippen LogP contribution in [0.2, 0.25) is 0 Å². The largest absolute Gasteiger partial charge is 0.314 e. The molecule has 0 aliphatic carbocycles. The SMILES string of the molecule is CCCNC1CCN(CCS(=O)(=O)CCC)CC1. The molecule has 0 spiro atoms. The Labute approximate surface area is 112 Å². The lowest BCUT2D eigenvalue weighted by Crippen LogP contribution is -2.44. The van der Waals surface area contributed by atoms with Crippen LogP contribution in [0, 0.1) is 0 Å². The van der Waals surface area contributed by atoms with Gasteiger partial charge < -0.3 is 10.2 Å². The number of likely N-dealkylation sites (tertiary alicyclic amines) is 1. The van der Waals surface area contributed by atoms with E-state index in [1.807, 2.05) is 6.92 Å². The van der Waals surface area contributed by atoms with Crippen molar-refractivity contribution in [1.29, 1.82) is 0 Å². The van der Waals surface area contributed by atoms with Gasteiger partial charge in [0.15, 0.2) is 9.84 Å². The van der Waals surface area contributed by atoms with Gasteiger partial charge in [0.05, 0.1) is 5.75 Å². The zero-order valence-corrected chi connectivity index (χ0v) is 12.6. The predicted molar refractivity (Wildman–Crippen MR) is 76.7 cm³/mol. The van der Waals surface area contributed by atoms with E-state index in [-0.39, 0.29) is 0 Å². The van der Waals surface area contributed by atoms with Gasteiger partial charge in [-0.3, -0.25) is 0 Å². The third kappa shape index (κ3) is 6.16. The van der Waals surface area contributed by atoms with Crippen LogP contribution in [0.3, 0.4) is 0 Å². The summed E-state index contributed by atoms with van der Waals surface area (Å²) in [5, 5.41) is 3.54. The average molecular weight is 276 g/mol. The number of sulfone groups is 1. The summed E-state index contributed by atoms with van der Waals surface area (Å²) < 4.78 is 23.3. The number of nitrogens with zero attached hydrogens (tertiary/aromatic N) is 1. The highest BCUT2D eigenvalue weighted by Crippen LogP contribution is 2.10. The molecule has 18 heavy (non-hydrogen) atoms. The average Bonchev–Trinajstić information content (AvgIpc) is 2.35. The van der Waals surface area contributed by atoms with Crippen LogP contribution in [0.15, 0.2) is 0 Å². The van der Waals surface area contributed by atoms with E-state index in [4.69, 9.17) is 0 Å². The van der Waals surface area contributed by atoms with Crippen LogP contribution in [0.5, 0.6) is 0 Å². The molecule has 0 radical (unpaired) electrons. The molecule has 0 unspecified atom stereocenters. The summed E-state index contributed by atoms with van der Waals surface area (Å²) in [4.78, 5) is 2.29.